The van der Waals surface area contributed by atoms with Crippen molar-refractivity contribution in [2.45, 2.75) is 103 Å². The van der Waals surface area contributed by atoms with Crippen molar-refractivity contribution < 1.29 is 18.8 Å². The number of ether oxygens (including phenoxy) is 1. The molecule has 0 saturated carbocycles. The monoisotopic (exact) mass is 641 g/mol. The molecule has 9 heteroatoms. The number of unbranched alkanes of at least 4 members (excludes halogenated alkanes) is 1. The number of thioether (sulfide) groups is 1. The fourth-order valence-corrected chi connectivity index (χ4v) is 7.83. The molecule has 6 rings (SSSR count). The Morgan fingerprint density at radius 3 is 2.33 bits per heavy atom. The summed E-state index contributed by atoms with van der Waals surface area (Å²) < 4.78 is 18.5. The van der Waals surface area contributed by atoms with Crippen LogP contribution in [0.15, 0.2) is 54.7 Å². The Bertz CT molecular complexity index is 1750. The molecular weight excluding hydrogens is 593 g/mol. The molecule has 3 aromatic carbocycles. The number of H-pyrrole nitrogens is 1. The van der Waals surface area contributed by atoms with Crippen molar-refractivity contribution in [3.05, 3.63) is 60.6 Å². The zero-order valence-corrected chi connectivity index (χ0v) is 29.6. The zero-order valence-electron chi connectivity index (χ0n) is 28.8. The van der Waals surface area contributed by atoms with E-state index < -0.39 is 10.5 Å². The summed E-state index contributed by atoms with van der Waals surface area (Å²) in [5.74, 6) is 1.20. The molecule has 2 saturated heterocycles. The summed E-state index contributed by atoms with van der Waals surface area (Å²) in [7, 11) is -0.389. The predicted octanol–water partition coefficient (Wildman–Crippen LogP) is 8.65. The van der Waals surface area contributed by atoms with Crippen molar-refractivity contribution in [3.8, 4) is 11.3 Å². The standard InChI is InChI=1S/C37H48BN3O4S/c1-10-11-12-24-21-37(46-9,41(23-24)33(42)43-34(2,3)4)32-39-22-31(40-32)27-15-17-29-25(19-27)13-14-26-20-28(16-18-30(26)29)38-44-35(5,6)36(7,8)45-38/h13-20,22,24H,10-12,21,23H2,1-9H3,(H,39,40). The number of imidazole rings is 1. The van der Waals surface area contributed by atoms with Crippen LogP contribution in [0.3, 0.4) is 0 Å². The van der Waals surface area contributed by atoms with E-state index in [1.807, 2.05) is 31.9 Å². The summed E-state index contributed by atoms with van der Waals surface area (Å²) in [5.41, 5.74) is 1.69. The molecule has 2 unspecified atom stereocenters. The van der Waals surface area contributed by atoms with Gasteiger partial charge in [0, 0.05) is 12.1 Å². The molecule has 2 fully saturated rings. The topological polar surface area (TPSA) is 76.7 Å². The molecule has 0 bridgehead atoms. The number of nitrogens with zero attached hydrogens (tertiary/aromatic N) is 2. The van der Waals surface area contributed by atoms with Gasteiger partial charge in [0.2, 0.25) is 0 Å². The minimum atomic E-state index is -0.610. The molecule has 4 aromatic rings. The fraction of sp³-hybridized carbons (Fsp3) is 0.514. The average Bonchev–Trinajstić information content (AvgIpc) is 3.69. The first kappa shape index (κ1) is 32.9. The molecule has 2 atom stereocenters. The number of likely N-dealkylation sites (tertiary alicyclic amines) is 1. The van der Waals surface area contributed by atoms with E-state index in [1.54, 1.807) is 11.8 Å². The maximum Gasteiger partial charge on any atom is 0.494 e. The number of fused-ring (bicyclic) bond motifs is 3. The van der Waals surface area contributed by atoms with Crippen LogP contribution in [0.2, 0.25) is 0 Å². The first-order chi connectivity index (χ1) is 21.7. The van der Waals surface area contributed by atoms with Crippen LogP contribution < -0.4 is 5.46 Å². The third kappa shape index (κ3) is 5.95. The van der Waals surface area contributed by atoms with Gasteiger partial charge in [0.1, 0.15) is 16.3 Å². The molecule has 1 amide bonds. The molecular formula is C37H48BN3O4S. The average molecular weight is 642 g/mol. The molecule has 244 valence electrons. The maximum absolute atomic E-state index is 13.5. The lowest BCUT2D eigenvalue weighted by Gasteiger charge is -2.36. The molecule has 1 N–H and O–H groups in total. The van der Waals surface area contributed by atoms with Crippen LogP contribution in [-0.2, 0) is 18.9 Å². The number of aromatic nitrogens is 2. The molecule has 7 nitrogen and oxygen atoms in total. The first-order valence-corrected chi connectivity index (χ1v) is 17.8. The lowest BCUT2D eigenvalue weighted by molar-refractivity contribution is 0.00578. The van der Waals surface area contributed by atoms with Crippen molar-refractivity contribution in [2.75, 3.05) is 12.8 Å². The summed E-state index contributed by atoms with van der Waals surface area (Å²) in [6, 6.07) is 17.4. The van der Waals surface area contributed by atoms with E-state index in [-0.39, 0.29) is 24.4 Å². The summed E-state index contributed by atoms with van der Waals surface area (Å²) >= 11 is 1.67. The Hall–Kier alpha value is -3.01. The van der Waals surface area contributed by atoms with Crippen molar-refractivity contribution in [3.63, 3.8) is 0 Å². The quantitative estimate of drug-likeness (QED) is 0.161. The highest BCUT2D eigenvalue weighted by atomic mass is 32.2. The number of carbonyl (C=O) groups excluding carboxylic acids is 1. The number of hydrogen-bond donors (Lipinski definition) is 1. The van der Waals surface area contributed by atoms with E-state index in [4.69, 9.17) is 19.0 Å². The number of benzene rings is 3. The minimum absolute atomic E-state index is 0.280. The van der Waals surface area contributed by atoms with Crippen LogP contribution in [0.25, 0.3) is 32.8 Å². The van der Waals surface area contributed by atoms with Gasteiger partial charge in [-0.2, -0.15) is 0 Å². The van der Waals surface area contributed by atoms with E-state index in [0.29, 0.717) is 12.5 Å². The highest BCUT2D eigenvalue weighted by Crippen LogP contribution is 2.50. The molecule has 0 radical (unpaired) electrons. The number of rotatable bonds is 7. The fourth-order valence-electron chi connectivity index (χ4n) is 6.76. The van der Waals surface area contributed by atoms with Gasteiger partial charge in [-0.15, -0.1) is 11.8 Å². The maximum atomic E-state index is 13.5. The van der Waals surface area contributed by atoms with Crippen molar-refractivity contribution in [2.24, 2.45) is 5.92 Å². The van der Waals surface area contributed by atoms with Crippen molar-refractivity contribution in [1.29, 1.82) is 0 Å². The van der Waals surface area contributed by atoms with Gasteiger partial charge >= 0.3 is 13.2 Å². The van der Waals surface area contributed by atoms with Gasteiger partial charge in [-0.1, -0.05) is 62.2 Å². The van der Waals surface area contributed by atoms with Crippen LogP contribution >= 0.6 is 11.8 Å². The van der Waals surface area contributed by atoms with Crippen molar-refractivity contribution >= 4 is 52.0 Å². The van der Waals surface area contributed by atoms with Gasteiger partial charge in [0.25, 0.3) is 0 Å². The van der Waals surface area contributed by atoms with Crippen LogP contribution in [0, 0.1) is 5.92 Å². The summed E-state index contributed by atoms with van der Waals surface area (Å²) in [6.07, 6.45) is 7.91. The molecule has 0 spiro atoms. The molecule has 2 aliphatic heterocycles. The molecule has 0 aliphatic carbocycles. The molecule has 46 heavy (non-hydrogen) atoms. The third-order valence-electron chi connectivity index (χ3n) is 10.0. The second-order valence-corrected chi connectivity index (χ2v) is 16.1. The van der Waals surface area contributed by atoms with Gasteiger partial charge in [-0.3, -0.25) is 4.90 Å². The van der Waals surface area contributed by atoms with E-state index in [0.717, 1.165) is 59.0 Å². The molecule has 2 aliphatic rings. The van der Waals surface area contributed by atoms with Gasteiger partial charge in [-0.25, -0.2) is 9.78 Å². The Labute approximate surface area is 278 Å². The van der Waals surface area contributed by atoms with Gasteiger partial charge in [0.05, 0.1) is 23.1 Å². The Kier molecular flexibility index (Phi) is 8.52. The largest absolute Gasteiger partial charge is 0.494 e. The Morgan fingerprint density at radius 2 is 1.70 bits per heavy atom. The minimum Gasteiger partial charge on any atom is -0.444 e. The number of hydrogen-bond acceptors (Lipinski definition) is 6. The van der Waals surface area contributed by atoms with E-state index in [2.05, 4.69) is 94.4 Å². The number of nitrogens with one attached hydrogen (secondary N) is 1. The van der Waals surface area contributed by atoms with Gasteiger partial charge < -0.3 is 19.0 Å². The second kappa shape index (κ2) is 11.9. The SMILES string of the molecule is CCCCC1CN(C(=O)OC(C)(C)C)C(SC)(c2ncc(-c3ccc4c(ccc5cc(B6OC(C)(C)C(C)(C)O6)ccc54)c3)[nH]2)C1. The van der Waals surface area contributed by atoms with E-state index in [9.17, 15) is 4.79 Å². The smallest absolute Gasteiger partial charge is 0.444 e. The summed E-state index contributed by atoms with van der Waals surface area (Å²) in [5, 5.41) is 4.68. The Morgan fingerprint density at radius 1 is 1.04 bits per heavy atom. The first-order valence-electron chi connectivity index (χ1n) is 16.6. The predicted molar refractivity (Wildman–Crippen MR) is 191 cm³/mol. The van der Waals surface area contributed by atoms with Crippen LogP contribution in [-0.4, -0.2) is 57.7 Å². The number of carbonyl (C=O) groups is 1. The lowest BCUT2D eigenvalue weighted by atomic mass is 9.78. The Balaban J connectivity index is 1.30. The summed E-state index contributed by atoms with van der Waals surface area (Å²) in [6.45, 7) is 17.0. The van der Waals surface area contributed by atoms with Crippen LogP contribution in [0.4, 0.5) is 4.79 Å². The lowest BCUT2D eigenvalue weighted by Crippen LogP contribution is -2.45. The molecule has 3 heterocycles. The number of aromatic amines is 1. The van der Waals surface area contributed by atoms with Crippen LogP contribution in [0.1, 0.15) is 86.9 Å². The van der Waals surface area contributed by atoms with E-state index >= 15 is 0 Å². The van der Waals surface area contributed by atoms with Gasteiger partial charge in [0.15, 0.2) is 0 Å². The summed E-state index contributed by atoms with van der Waals surface area (Å²) in [4.78, 5) is 23.4. The zero-order chi connectivity index (χ0) is 33.1. The highest BCUT2D eigenvalue weighted by Gasteiger charge is 2.53. The second-order valence-electron chi connectivity index (χ2n) is 15.0. The highest BCUT2D eigenvalue weighted by molar-refractivity contribution is 7.99. The normalized spacial score (nSPS) is 22.7. The molecule has 1 aromatic heterocycles. The van der Waals surface area contributed by atoms with E-state index in [1.165, 1.54) is 10.8 Å². The third-order valence-corrected chi connectivity index (χ3v) is 11.3. The van der Waals surface area contributed by atoms with Gasteiger partial charge in [-0.05, 0) is 107 Å². The van der Waals surface area contributed by atoms with Crippen LogP contribution in [0.5, 0.6) is 0 Å². The number of amides is 1. The van der Waals surface area contributed by atoms with Crippen molar-refractivity contribution in [1.82, 2.24) is 14.9 Å².